The van der Waals surface area contributed by atoms with Crippen LogP contribution < -0.4 is 16.4 Å². The van der Waals surface area contributed by atoms with Gasteiger partial charge in [0.15, 0.2) is 0 Å². The highest BCUT2D eigenvalue weighted by Crippen LogP contribution is 2.25. The zero-order chi connectivity index (χ0) is 18.5. The minimum Gasteiger partial charge on any atom is -0.393 e. The van der Waals surface area contributed by atoms with Gasteiger partial charge in [0.05, 0.1) is 17.8 Å². The van der Waals surface area contributed by atoms with E-state index in [9.17, 15) is 9.90 Å². The van der Waals surface area contributed by atoms with Crippen molar-refractivity contribution in [3.8, 4) is 0 Å². The van der Waals surface area contributed by atoms with Crippen molar-refractivity contribution in [1.29, 1.82) is 0 Å². The Morgan fingerprint density at radius 3 is 2.62 bits per heavy atom. The molecule has 1 aromatic heterocycles. The molecule has 144 valence electrons. The molecule has 5 N–H and O–H groups in total. The summed E-state index contributed by atoms with van der Waals surface area (Å²) in [6, 6.07) is 0.377. The minimum atomic E-state index is -0.559. The summed E-state index contributed by atoms with van der Waals surface area (Å²) >= 11 is 0. The molecule has 2 aliphatic rings. The number of nitrogens with two attached hydrogens (primary N) is 1. The van der Waals surface area contributed by atoms with Gasteiger partial charge in [-0.1, -0.05) is 0 Å². The molecule has 0 radical (unpaired) electrons. The van der Waals surface area contributed by atoms with Crippen molar-refractivity contribution in [3.05, 3.63) is 11.8 Å². The van der Waals surface area contributed by atoms with Crippen molar-refractivity contribution >= 4 is 17.7 Å². The van der Waals surface area contributed by atoms with Crippen LogP contribution in [0.2, 0.25) is 0 Å². The number of aliphatic hydroxyl groups excluding tert-OH is 1. The van der Waals surface area contributed by atoms with Crippen LogP contribution in [0.3, 0.4) is 0 Å². The second-order valence-corrected chi connectivity index (χ2v) is 7.34. The molecule has 0 spiro atoms. The fourth-order valence-electron chi connectivity index (χ4n) is 3.86. The summed E-state index contributed by atoms with van der Waals surface area (Å²) in [6.45, 7) is 0. The first-order valence-electron chi connectivity index (χ1n) is 9.46. The van der Waals surface area contributed by atoms with Gasteiger partial charge >= 0.3 is 0 Å². The normalized spacial score (nSPS) is 29.2. The van der Waals surface area contributed by atoms with E-state index in [-0.39, 0.29) is 17.7 Å². The number of methoxy groups -OCH3 is 1. The van der Waals surface area contributed by atoms with Gasteiger partial charge in [0.1, 0.15) is 5.82 Å². The Labute approximate surface area is 153 Å². The summed E-state index contributed by atoms with van der Waals surface area (Å²) in [5, 5.41) is 16.5. The average Bonchev–Trinajstić information content (AvgIpc) is 2.62. The maximum Gasteiger partial charge on any atom is 0.254 e. The summed E-state index contributed by atoms with van der Waals surface area (Å²) in [6.07, 6.45) is 8.86. The van der Waals surface area contributed by atoms with Crippen LogP contribution in [0.25, 0.3) is 0 Å². The minimum absolute atomic E-state index is 0.0803. The van der Waals surface area contributed by atoms with Crippen molar-refractivity contribution in [2.75, 3.05) is 17.7 Å². The van der Waals surface area contributed by atoms with E-state index in [1.165, 1.54) is 6.20 Å². The quantitative estimate of drug-likeness (QED) is 0.606. The summed E-state index contributed by atoms with van der Waals surface area (Å²) in [5.74, 6) is 0.380. The van der Waals surface area contributed by atoms with Gasteiger partial charge in [-0.05, 0) is 51.4 Å². The number of primary amides is 1. The summed E-state index contributed by atoms with van der Waals surface area (Å²) in [5.41, 5.74) is 5.75. The summed E-state index contributed by atoms with van der Waals surface area (Å²) in [7, 11) is 1.75. The molecular weight excluding hydrogens is 334 g/mol. The maximum atomic E-state index is 11.7. The summed E-state index contributed by atoms with van der Waals surface area (Å²) < 4.78 is 5.40. The lowest BCUT2D eigenvalue weighted by Gasteiger charge is -2.29. The molecular formula is C18H29N5O3. The molecule has 0 aromatic carbocycles. The van der Waals surface area contributed by atoms with Gasteiger partial charge in [-0.2, -0.15) is 4.98 Å². The molecule has 2 fully saturated rings. The molecule has 2 aliphatic carbocycles. The van der Waals surface area contributed by atoms with E-state index in [1.54, 1.807) is 7.11 Å². The highest BCUT2D eigenvalue weighted by Gasteiger charge is 2.24. The van der Waals surface area contributed by atoms with Crippen LogP contribution in [0, 0.1) is 0 Å². The van der Waals surface area contributed by atoms with E-state index < -0.39 is 5.91 Å². The number of hydrogen-bond donors (Lipinski definition) is 4. The number of hydrogen-bond acceptors (Lipinski definition) is 7. The number of ether oxygens (including phenoxy) is 1. The SMILES string of the molecule is CO[C@H]1CC[C@H](Nc2ncc(C(N)=O)c(N[C@H]3CCC[C@H](O)C3)n2)CC1. The van der Waals surface area contributed by atoms with Crippen LogP contribution in [0.15, 0.2) is 6.20 Å². The predicted octanol–water partition coefficient (Wildman–Crippen LogP) is 1.66. The first-order chi connectivity index (χ1) is 12.5. The van der Waals surface area contributed by atoms with Crippen molar-refractivity contribution in [2.24, 2.45) is 5.73 Å². The van der Waals surface area contributed by atoms with Crippen molar-refractivity contribution < 1.29 is 14.6 Å². The second-order valence-electron chi connectivity index (χ2n) is 7.34. The molecule has 0 aliphatic heterocycles. The van der Waals surface area contributed by atoms with E-state index in [0.717, 1.165) is 44.9 Å². The Morgan fingerprint density at radius 1 is 1.19 bits per heavy atom. The zero-order valence-corrected chi connectivity index (χ0v) is 15.3. The van der Waals surface area contributed by atoms with E-state index in [0.29, 0.717) is 30.3 Å². The molecule has 1 heterocycles. The number of nitrogens with zero attached hydrogens (tertiary/aromatic N) is 2. The van der Waals surface area contributed by atoms with Gasteiger partial charge in [-0.3, -0.25) is 4.79 Å². The Hall–Kier alpha value is -1.93. The number of carbonyl (C=O) groups is 1. The van der Waals surface area contributed by atoms with Crippen LogP contribution >= 0.6 is 0 Å². The van der Waals surface area contributed by atoms with Crippen LogP contribution in [0.5, 0.6) is 0 Å². The fraction of sp³-hybridized carbons (Fsp3) is 0.722. The molecule has 3 rings (SSSR count). The van der Waals surface area contributed by atoms with Crippen molar-refractivity contribution in [1.82, 2.24) is 9.97 Å². The third-order valence-corrected chi connectivity index (χ3v) is 5.38. The Bertz CT molecular complexity index is 619. The number of aromatic nitrogens is 2. The second kappa shape index (κ2) is 8.64. The highest BCUT2D eigenvalue weighted by molar-refractivity contribution is 5.97. The Balaban J connectivity index is 1.68. The standard InChI is InChI=1S/C18H29N5O3/c1-26-14-7-5-11(6-8-14)22-18-20-10-15(16(19)25)17(23-18)21-12-3-2-4-13(24)9-12/h10-14,24H,2-9H2,1H3,(H2,19,25)(H2,20,21,22,23)/t11-,12-,13-,14-/m0/s1. The Kier molecular flexibility index (Phi) is 6.26. The van der Waals surface area contributed by atoms with Crippen LogP contribution in [-0.2, 0) is 4.74 Å². The first-order valence-corrected chi connectivity index (χ1v) is 9.46. The number of amides is 1. The van der Waals surface area contributed by atoms with Crippen LogP contribution in [0.4, 0.5) is 11.8 Å². The molecule has 26 heavy (non-hydrogen) atoms. The lowest BCUT2D eigenvalue weighted by Crippen LogP contribution is -2.32. The lowest BCUT2D eigenvalue weighted by atomic mass is 9.93. The van der Waals surface area contributed by atoms with E-state index in [4.69, 9.17) is 10.5 Å². The molecule has 0 bridgehead atoms. The molecule has 8 nitrogen and oxygen atoms in total. The van der Waals surface area contributed by atoms with E-state index in [1.807, 2.05) is 0 Å². The molecule has 2 atom stereocenters. The van der Waals surface area contributed by atoms with E-state index in [2.05, 4.69) is 20.6 Å². The van der Waals surface area contributed by atoms with Gasteiger partial charge in [-0.25, -0.2) is 4.98 Å². The smallest absolute Gasteiger partial charge is 0.254 e. The maximum absolute atomic E-state index is 11.7. The average molecular weight is 363 g/mol. The van der Waals surface area contributed by atoms with Gasteiger partial charge < -0.3 is 26.2 Å². The molecule has 0 saturated heterocycles. The molecule has 1 aromatic rings. The van der Waals surface area contributed by atoms with Gasteiger partial charge in [0.2, 0.25) is 5.95 Å². The predicted molar refractivity (Wildman–Crippen MR) is 99.1 cm³/mol. The number of anilines is 2. The molecule has 0 unspecified atom stereocenters. The van der Waals surface area contributed by atoms with Gasteiger partial charge in [-0.15, -0.1) is 0 Å². The third-order valence-electron chi connectivity index (χ3n) is 5.38. The van der Waals surface area contributed by atoms with Crippen LogP contribution in [0.1, 0.15) is 61.7 Å². The first kappa shape index (κ1) is 18.8. The number of nitrogens with one attached hydrogen (secondary N) is 2. The lowest BCUT2D eigenvalue weighted by molar-refractivity contribution is 0.0681. The van der Waals surface area contributed by atoms with Crippen molar-refractivity contribution in [3.63, 3.8) is 0 Å². The number of carbonyl (C=O) groups excluding carboxylic acids is 1. The fourth-order valence-corrected chi connectivity index (χ4v) is 3.86. The van der Waals surface area contributed by atoms with Crippen LogP contribution in [-0.4, -0.2) is 52.4 Å². The van der Waals surface area contributed by atoms with Gasteiger partial charge in [0, 0.05) is 25.4 Å². The monoisotopic (exact) mass is 363 g/mol. The molecule has 2 saturated carbocycles. The summed E-state index contributed by atoms with van der Waals surface area (Å²) in [4.78, 5) is 20.5. The van der Waals surface area contributed by atoms with Gasteiger partial charge in [0.25, 0.3) is 5.91 Å². The van der Waals surface area contributed by atoms with E-state index >= 15 is 0 Å². The topological polar surface area (TPSA) is 122 Å². The zero-order valence-electron chi connectivity index (χ0n) is 15.3. The Morgan fingerprint density at radius 2 is 1.96 bits per heavy atom. The third kappa shape index (κ3) is 4.82. The van der Waals surface area contributed by atoms with Crippen molar-refractivity contribution in [2.45, 2.75) is 75.7 Å². The largest absolute Gasteiger partial charge is 0.393 e. The highest BCUT2D eigenvalue weighted by atomic mass is 16.5. The molecule has 8 heteroatoms. The number of aliphatic hydroxyl groups is 1. The molecule has 1 amide bonds. The number of rotatable bonds is 6.